The van der Waals surface area contributed by atoms with Crippen molar-refractivity contribution >= 4 is 11.6 Å². The predicted molar refractivity (Wildman–Crippen MR) is 85.3 cm³/mol. The van der Waals surface area contributed by atoms with E-state index in [1.54, 1.807) is 12.3 Å². The van der Waals surface area contributed by atoms with E-state index in [1.165, 1.54) is 0 Å². The number of nitrogens with zero attached hydrogens (tertiary/aromatic N) is 2. The van der Waals surface area contributed by atoms with Gasteiger partial charge in [0.25, 0.3) is 0 Å². The van der Waals surface area contributed by atoms with Crippen molar-refractivity contribution in [2.24, 2.45) is 0 Å². The van der Waals surface area contributed by atoms with Crippen LogP contribution in [0.4, 0.5) is 11.6 Å². The van der Waals surface area contributed by atoms with Crippen LogP contribution in [0.25, 0.3) is 0 Å². The first-order valence-electron chi connectivity index (χ1n) is 7.28. The number of furan rings is 1. The molecular formula is C16H24N4O. The number of rotatable bonds is 5. The molecule has 0 aromatic carbocycles. The summed E-state index contributed by atoms with van der Waals surface area (Å²) in [6, 6.07) is 5.96. The van der Waals surface area contributed by atoms with Gasteiger partial charge in [-0.05, 0) is 25.5 Å². The van der Waals surface area contributed by atoms with Crippen molar-refractivity contribution in [3.63, 3.8) is 0 Å². The van der Waals surface area contributed by atoms with Crippen LogP contribution >= 0.6 is 0 Å². The fourth-order valence-electron chi connectivity index (χ4n) is 2.01. The van der Waals surface area contributed by atoms with Crippen LogP contribution in [0.2, 0.25) is 0 Å². The zero-order valence-electron chi connectivity index (χ0n) is 13.2. The summed E-state index contributed by atoms with van der Waals surface area (Å²) in [5.74, 6) is 3.03. The van der Waals surface area contributed by atoms with E-state index in [9.17, 15) is 0 Å². The third kappa shape index (κ3) is 4.48. The summed E-state index contributed by atoms with van der Waals surface area (Å²) >= 11 is 0. The average molecular weight is 288 g/mol. The molecule has 0 aliphatic carbocycles. The average Bonchev–Trinajstić information content (AvgIpc) is 2.87. The summed E-state index contributed by atoms with van der Waals surface area (Å²) in [6.45, 7) is 8.35. The quantitative estimate of drug-likeness (QED) is 0.882. The molecule has 0 aliphatic rings. The standard InChI is InChI=1S/C16H24N4O/c1-11(7-8-12-6-5-9-21-12)18-14-10-13(17)19-15(20-14)16(2,3)4/h5-6,9-11H,7-8H2,1-4H3,(H3,17,18,19,20). The number of aryl methyl sites for hydroxylation is 1. The molecule has 1 unspecified atom stereocenters. The third-order valence-corrected chi connectivity index (χ3v) is 3.21. The minimum absolute atomic E-state index is 0.122. The Morgan fingerprint density at radius 3 is 2.71 bits per heavy atom. The van der Waals surface area contributed by atoms with Crippen LogP contribution < -0.4 is 11.1 Å². The van der Waals surface area contributed by atoms with Gasteiger partial charge in [0.15, 0.2) is 0 Å². The number of anilines is 2. The van der Waals surface area contributed by atoms with Crippen molar-refractivity contribution in [2.75, 3.05) is 11.1 Å². The molecule has 0 radical (unpaired) electrons. The van der Waals surface area contributed by atoms with E-state index in [-0.39, 0.29) is 11.5 Å². The van der Waals surface area contributed by atoms with Gasteiger partial charge in [0.2, 0.25) is 0 Å². The van der Waals surface area contributed by atoms with Gasteiger partial charge in [0, 0.05) is 23.9 Å². The van der Waals surface area contributed by atoms with Crippen molar-refractivity contribution in [3.05, 3.63) is 36.0 Å². The normalized spacial score (nSPS) is 13.1. The minimum atomic E-state index is -0.122. The monoisotopic (exact) mass is 288 g/mol. The molecule has 0 bridgehead atoms. The lowest BCUT2D eigenvalue weighted by molar-refractivity contribution is 0.494. The van der Waals surface area contributed by atoms with Crippen LogP contribution in [0, 0.1) is 0 Å². The minimum Gasteiger partial charge on any atom is -0.469 e. The molecule has 0 amide bonds. The second-order valence-corrected chi connectivity index (χ2v) is 6.42. The fraction of sp³-hybridized carbons (Fsp3) is 0.500. The van der Waals surface area contributed by atoms with E-state index in [0.717, 1.165) is 30.2 Å². The van der Waals surface area contributed by atoms with Crippen molar-refractivity contribution in [2.45, 2.75) is 52.0 Å². The van der Waals surface area contributed by atoms with Crippen molar-refractivity contribution < 1.29 is 4.42 Å². The summed E-state index contributed by atoms with van der Waals surface area (Å²) in [6.07, 6.45) is 3.56. The number of hydrogen-bond donors (Lipinski definition) is 2. The van der Waals surface area contributed by atoms with E-state index in [2.05, 4.69) is 43.0 Å². The molecule has 2 aromatic rings. The molecule has 2 aromatic heterocycles. The number of nitrogens with two attached hydrogens (primary N) is 1. The van der Waals surface area contributed by atoms with E-state index < -0.39 is 0 Å². The molecule has 5 nitrogen and oxygen atoms in total. The Hall–Kier alpha value is -2.04. The van der Waals surface area contributed by atoms with Gasteiger partial charge in [0.05, 0.1) is 6.26 Å². The first kappa shape index (κ1) is 15.4. The zero-order chi connectivity index (χ0) is 15.5. The van der Waals surface area contributed by atoms with Gasteiger partial charge in [-0.15, -0.1) is 0 Å². The molecule has 2 rings (SSSR count). The SMILES string of the molecule is CC(CCc1ccco1)Nc1cc(N)nc(C(C)(C)C)n1. The lowest BCUT2D eigenvalue weighted by Gasteiger charge is -2.20. The first-order chi connectivity index (χ1) is 9.84. The van der Waals surface area contributed by atoms with Crippen LogP contribution in [0.15, 0.2) is 28.9 Å². The molecule has 0 fully saturated rings. The summed E-state index contributed by atoms with van der Waals surface area (Å²) in [4.78, 5) is 8.87. The van der Waals surface area contributed by atoms with Crippen molar-refractivity contribution in [1.82, 2.24) is 9.97 Å². The summed E-state index contributed by atoms with van der Waals surface area (Å²) < 4.78 is 5.34. The highest BCUT2D eigenvalue weighted by Gasteiger charge is 2.19. The molecule has 0 spiro atoms. The number of hydrogen-bond acceptors (Lipinski definition) is 5. The Morgan fingerprint density at radius 1 is 1.33 bits per heavy atom. The summed E-state index contributed by atoms with van der Waals surface area (Å²) in [5.41, 5.74) is 5.76. The van der Waals surface area contributed by atoms with Crippen molar-refractivity contribution in [1.29, 1.82) is 0 Å². The second-order valence-electron chi connectivity index (χ2n) is 6.42. The maximum absolute atomic E-state index is 5.88. The van der Waals surface area contributed by atoms with E-state index in [4.69, 9.17) is 10.2 Å². The highest BCUT2D eigenvalue weighted by Crippen LogP contribution is 2.21. The Bertz CT molecular complexity index is 572. The zero-order valence-corrected chi connectivity index (χ0v) is 13.2. The lowest BCUT2D eigenvalue weighted by Crippen LogP contribution is -2.21. The lowest BCUT2D eigenvalue weighted by atomic mass is 9.96. The summed E-state index contributed by atoms with van der Waals surface area (Å²) in [5, 5.41) is 3.38. The van der Waals surface area contributed by atoms with Crippen LogP contribution in [-0.4, -0.2) is 16.0 Å². The van der Waals surface area contributed by atoms with E-state index in [0.29, 0.717) is 5.82 Å². The van der Waals surface area contributed by atoms with Gasteiger partial charge in [-0.1, -0.05) is 20.8 Å². The van der Waals surface area contributed by atoms with Gasteiger partial charge in [0.1, 0.15) is 23.2 Å². The summed E-state index contributed by atoms with van der Waals surface area (Å²) in [7, 11) is 0. The maximum Gasteiger partial charge on any atom is 0.138 e. The highest BCUT2D eigenvalue weighted by molar-refractivity contribution is 5.45. The molecule has 21 heavy (non-hydrogen) atoms. The first-order valence-corrected chi connectivity index (χ1v) is 7.28. The molecule has 114 valence electrons. The Balaban J connectivity index is 2.00. The number of aromatic nitrogens is 2. The maximum atomic E-state index is 5.88. The molecule has 1 atom stereocenters. The van der Waals surface area contributed by atoms with Gasteiger partial charge in [-0.2, -0.15) is 0 Å². The molecule has 0 saturated heterocycles. The van der Waals surface area contributed by atoms with E-state index >= 15 is 0 Å². The van der Waals surface area contributed by atoms with Gasteiger partial charge >= 0.3 is 0 Å². The molecule has 0 saturated carbocycles. The largest absolute Gasteiger partial charge is 0.469 e. The third-order valence-electron chi connectivity index (χ3n) is 3.21. The molecule has 3 N–H and O–H groups in total. The Labute approximate surface area is 126 Å². The van der Waals surface area contributed by atoms with Gasteiger partial charge in [-0.3, -0.25) is 0 Å². The topological polar surface area (TPSA) is 77.0 Å². The van der Waals surface area contributed by atoms with Gasteiger partial charge in [-0.25, -0.2) is 9.97 Å². The van der Waals surface area contributed by atoms with Crippen LogP contribution in [0.3, 0.4) is 0 Å². The Kier molecular flexibility index (Phi) is 4.50. The Morgan fingerprint density at radius 2 is 2.10 bits per heavy atom. The van der Waals surface area contributed by atoms with E-state index in [1.807, 2.05) is 12.1 Å². The van der Waals surface area contributed by atoms with Crippen LogP contribution in [0.5, 0.6) is 0 Å². The molecular weight excluding hydrogens is 264 g/mol. The molecule has 2 heterocycles. The fourth-order valence-corrected chi connectivity index (χ4v) is 2.01. The molecule has 0 aliphatic heterocycles. The second kappa shape index (κ2) is 6.16. The highest BCUT2D eigenvalue weighted by atomic mass is 16.3. The van der Waals surface area contributed by atoms with Gasteiger partial charge < -0.3 is 15.5 Å². The van der Waals surface area contributed by atoms with Crippen LogP contribution in [0.1, 0.15) is 45.7 Å². The number of nitrogens with one attached hydrogen (secondary N) is 1. The predicted octanol–water partition coefficient (Wildman–Crippen LogP) is 3.38. The van der Waals surface area contributed by atoms with Crippen molar-refractivity contribution in [3.8, 4) is 0 Å². The number of nitrogen functional groups attached to an aromatic ring is 1. The van der Waals surface area contributed by atoms with Crippen LogP contribution in [-0.2, 0) is 11.8 Å². The molecule has 5 heteroatoms. The smallest absolute Gasteiger partial charge is 0.138 e.